The second-order valence-corrected chi connectivity index (χ2v) is 4.56. The molecular weight excluding hydrogens is 270 g/mol. The maximum absolute atomic E-state index is 5.72. The summed E-state index contributed by atoms with van der Waals surface area (Å²) in [6.07, 6.45) is 1.55. The molecule has 1 aromatic rings. The van der Waals surface area contributed by atoms with Crippen molar-refractivity contribution in [1.29, 1.82) is 0 Å². The third-order valence-electron chi connectivity index (χ3n) is 2.44. The van der Waals surface area contributed by atoms with Crippen molar-refractivity contribution in [2.75, 3.05) is 33.9 Å². The number of likely N-dealkylation sites (N-methyl/N-ethyl adjacent to an activating group) is 1. The summed E-state index contributed by atoms with van der Waals surface area (Å²) in [6.45, 7) is 3.90. The normalized spacial score (nSPS) is 10.9. The number of hydrogen-bond donors (Lipinski definition) is 2. The second-order valence-electron chi connectivity index (χ2n) is 4.56. The lowest BCUT2D eigenvalue weighted by molar-refractivity contribution is 0.244. The number of rotatable bonds is 8. The minimum Gasteiger partial charge on any atom is -0.490 e. The third kappa shape index (κ3) is 6.62. The number of benzene rings is 1. The van der Waals surface area contributed by atoms with E-state index in [9.17, 15) is 0 Å². The quantitative estimate of drug-likeness (QED) is 0.416. The molecular formula is C14H23N5O2. The van der Waals surface area contributed by atoms with E-state index in [0.717, 1.165) is 12.1 Å². The highest BCUT2D eigenvalue weighted by atomic mass is 16.5. The van der Waals surface area contributed by atoms with Gasteiger partial charge in [0.1, 0.15) is 6.61 Å². The molecule has 21 heavy (non-hydrogen) atoms. The standard InChI is InChI=1S/C14H23N5O2/c1-4-20-13-9-11(10-17-18-14(15)16)5-6-12(13)21-8-7-19(2)3/h5-6,9-10H,4,7-8H2,1-3H3,(H4,15,16,18). The smallest absolute Gasteiger partial charge is 0.211 e. The Balaban J connectivity index is 2.80. The van der Waals surface area contributed by atoms with Crippen molar-refractivity contribution in [3.8, 4) is 11.5 Å². The average Bonchev–Trinajstić information content (AvgIpc) is 2.40. The van der Waals surface area contributed by atoms with Gasteiger partial charge in [0.05, 0.1) is 12.8 Å². The van der Waals surface area contributed by atoms with Crippen molar-refractivity contribution in [2.45, 2.75) is 6.92 Å². The van der Waals surface area contributed by atoms with Crippen LogP contribution < -0.4 is 20.9 Å². The molecule has 0 radical (unpaired) electrons. The Labute approximate surface area is 125 Å². The second kappa shape index (κ2) is 8.80. The fourth-order valence-corrected chi connectivity index (χ4v) is 1.49. The molecule has 0 heterocycles. The van der Waals surface area contributed by atoms with Gasteiger partial charge in [-0.05, 0) is 44.8 Å². The lowest BCUT2D eigenvalue weighted by Gasteiger charge is -2.14. The van der Waals surface area contributed by atoms with Crippen LogP contribution >= 0.6 is 0 Å². The summed E-state index contributed by atoms with van der Waals surface area (Å²) in [5.41, 5.74) is 11.2. The van der Waals surface area contributed by atoms with Crippen molar-refractivity contribution >= 4 is 12.2 Å². The van der Waals surface area contributed by atoms with E-state index >= 15 is 0 Å². The van der Waals surface area contributed by atoms with Gasteiger partial charge in [0.15, 0.2) is 11.5 Å². The Hall–Kier alpha value is -2.28. The van der Waals surface area contributed by atoms with Crippen LogP contribution in [0.3, 0.4) is 0 Å². The van der Waals surface area contributed by atoms with Gasteiger partial charge in [-0.2, -0.15) is 5.10 Å². The Morgan fingerprint density at radius 2 is 2.00 bits per heavy atom. The molecule has 116 valence electrons. The molecule has 0 spiro atoms. The predicted molar refractivity (Wildman–Crippen MR) is 85.1 cm³/mol. The fraction of sp³-hybridized carbons (Fsp3) is 0.429. The molecule has 0 bridgehead atoms. The summed E-state index contributed by atoms with van der Waals surface area (Å²) in [5.74, 6) is 1.29. The molecule has 4 N–H and O–H groups in total. The van der Waals surface area contributed by atoms with Crippen LogP contribution in [0, 0.1) is 0 Å². The molecule has 7 nitrogen and oxygen atoms in total. The summed E-state index contributed by atoms with van der Waals surface area (Å²) >= 11 is 0. The van der Waals surface area contributed by atoms with E-state index in [1.54, 1.807) is 6.21 Å². The zero-order valence-electron chi connectivity index (χ0n) is 12.7. The molecule has 0 aromatic heterocycles. The summed E-state index contributed by atoms with van der Waals surface area (Å²) in [4.78, 5) is 2.05. The van der Waals surface area contributed by atoms with Gasteiger partial charge in [0.25, 0.3) is 0 Å². The van der Waals surface area contributed by atoms with E-state index in [1.807, 2.05) is 39.2 Å². The summed E-state index contributed by atoms with van der Waals surface area (Å²) in [5, 5.41) is 7.32. The summed E-state index contributed by atoms with van der Waals surface area (Å²) in [6, 6.07) is 5.54. The average molecular weight is 293 g/mol. The van der Waals surface area contributed by atoms with Gasteiger partial charge in [-0.1, -0.05) is 0 Å². The van der Waals surface area contributed by atoms with E-state index in [2.05, 4.69) is 15.1 Å². The van der Waals surface area contributed by atoms with Crippen molar-refractivity contribution in [3.05, 3.63) is 23.8 Å². The minimum absolute atomic E-state index is 0.0834. The van der Waals surface area contributed by atoms with Crippen LogP contribution in [-0.2, 0) is 0 Å². The number of guanidine groups is 1. The molecule has 0 atom stereocenters. The number of nitrogens with zero attached hydrogens (tertiary/aromatic N) is 3. The van der Waals surface area contributed by atoms with Gasteiger partial charge < -0.3 is 25.8 Å². The third-order valence-corrected chi connectivity index (χ3v) is 2.44. The van der Waals surface area contributed by atoms with Gasteiger partial charge in [-0.25, -0.2) is 0 Å². The van der Waals surface area contributed by atoms with Crippen LogP contribution in [0.1, 0.15) is 12.5 Å². The van der Waals surface area contributed by atoms with Crippen LogP contribution in [0.15, 0.2) is 28.4 Å². The highest BCUT2D eigenvalue weighted by Crippen LogP contribution is 2.28. The van der Waals surface area contributed by atoms with E-state index in [4.69, 9.17) is 20.9 Å². The van der Waals surface area contributed by atoms with Gasteiger partial charge in [0.2, 0.25) is 5.96 Å². The van der Waals surface area contributed by atoms with Gasteiger partial charge in [-0.15, -0.1) is 5.10 Å². The lowest BCUT2D eigenvalue weighted by Crippen LogP contribution is -2.21. The van der Waals surface area contributed by atoms with Crippen molar-refractivity contribution < 1.29 is 9.47 Å². The first-order valence-electron chi connectivity index (χ1n) is 6.69. The molecule has 0 saturated heterocycles. The Morgan fingerprint density at radius 1 is 1.24 bits per heavy atom. The zero-order chi connectivity index (χ0) is 15.7. The maximum atomic E-state index is 5.72. The van der Waals surface area contributed by atoms with E-state index in [-0.39, 0.29) is 5.96 Å². The first-order chi connectivity index (χ1) is 10.0. The predicted octanol–water partition coefficient (Wildman–Crippen LogP) is 0.633. The Morgan fingerprint density at radius 3 is 2.62 bits per heavy atom. The van der Waals surface area contributed by atoms with E-state index in [1.165, 1.54) is 0 Å². The topological polar surface area (TPSA) is 98.5 Å². The Kier molecular flexibility index (Phi) is 7.03. The molecule has 0 aliphatic heterocycles. The molecule has 0 fully saturated rings. The number of ether oxygens (including phenoxy) is 2. The van der Waals surface area contributed by atoms with Crippen molar-refractivity contribution in [3.63, 3.8) is 0 Å². The highest BCUT2D eigenvalue weighted by molar-refractivity contribution is 5.82. The van der Waals surface area contributed by atoms with Crippen molar-refractivity contribution in [2.24, 2.45) is 21.7 Å². The molecule has 0 amide bonds. The molecule has 1 aromatic carbocycles. The SMILES string of the molecule is CCOc1cc(C=NN=C(N)N)ccc1OCCN(C)C. The summed E-state index contributed by atoms with van der Waals surface area (Å²) in [7, 11) is 3.99. The fourth-order valence-electron chi connectivity index (χ4n) is 1.49. The van der Waals surface area contributed by atoms with Gasteiger partial charge in [-0.3, -0.25) is 0 Å². The maximum Gasteiger partial charge on any atom is 0.211 e. The highest BCUT2D eigenvalue weighted by Gasteiger charge is 2.06. The Bertz CT molecular complexity index is 496. The number of nitrogens with two attached hydrogens (primary N) is 2. The largest absolute Gasteiger partial charge is 0.490 e. The molecule has 0 aliphatic carbocycles. The van der Waals surface area contributed by atoms with Crippen LogP contribution in [0.25, 0.3) is 0 Å². The molecule has 7 heteroatoms. The number of hydrogen-bond acceptors (Lipinski definition) is 5. The van der Waals surface area contributed by atoms with Gasteiger partial charge in [0, 0.05) is 6.54 Å². The minimum atomic E-state index is -0.0834. The van der Waals surface area contributed by atoms with Crippen LogP contribution in [0.5, 0.6) is 11.5 Å². The van der Waals surface area contributed by atoms with Crippen LogP contribution in [0.4, 0.5) is 0 Å². The summed E-state index contributed by atoms with van der Waals surface area (Å²) < 4.78 is 11.3. The van der Waals surface area contributed by atoms with Gasteiger partial charge >= 0.3 is 0 Å². The molecule has 0 saturated carbocycles. The first kappa shape index (κ1) is 16.8. The van der Waals surface area contributed by atoms with Crippen LogP contribution in [-0.4, -0.2) is 50.9 Å². The lowest BCUT2D eigenvalue weighted by atomic mass is 10.2. The monoisotopic (exact) mass is 293 g/mol. The zero-order valence-corrected chi connectivity index (χ0v) is 12.7. The molecule has 0 unspecified atom stereocenters. The van der Waals surface area contributed by atoms with E-state index < -0.39 is 0 Å². The van der Waals surface area contributed by atoms with E-state index in [0.29, 0.717) is 24.7 Å². The molecule has 0 aliphatic rings. The van der Waals surface area contributed by atoms with Crippen LogP contribution in [0.2, 0.25) is 0 Å². The first-order valence-corrected chi connectivity index (χ1v) is 6.69. The van der Waals surface area contributed by atoms with Crippen molar-refractivity contribution in [1.82, 2.24) is 4.90 Å². The molecule has 1 rings (SSSR count).